The number of nitrogen functional groups attached to an aromatic ring is 1. The van der Waals surface area contributed by atoms with Crippen LogP contribution in [0.4, 0.5) is 5.69 Å². The maximum atomic E-state index is 5.79. The van der Waals surface area contributed by atoms with E-state index in [1.807, 2.05) is 17.5 Å². The summed E-state index contributed by atoms with van der Waals surface area (Å²) >= 11 is 5.99. The van der Waals surface area contributed by atoms with E-state index in [1.54, 1.807) is 18.4 Å². The number of methoxy groups -OCH3 is 1. The molecule has 0 fully saturated rings. The van der Waals surface area contributed by atoms with Crippen LogP contribution in [-0.4, -0.2) is 7.11 Å². The van der Waals surface area contributed by atoms with Crippen LogP contribution in [0.15, 0.2) is 22.4 Å². The van der Waals surface area contributed by atoms with Crippen molar-refractivity contribution in [3.63, 3.8) is 0 Å². The summed E-state index contributed by atoms with van der Waals surface area (Å²) in [7, 11) is 1.63. The lowest BCUT2D eigenvalue weighted by molar-refractivity contribution is 0.422. The molecule has 1 aromatic heterocycles. The summed E-state index contributed by atoms with van der Waals surface area (Å²) in [6, 6.07) is 3.82. The Morgan fingerprint density at radius 1 is 1.54 bits per heavy atom. The summed E-state index contributed by atoms with van der Waals surface area (Å²) in [4.78, 5) is 0.906. The molecule has 0 amide bonds. The van der Waals surface area contributed by atoms with Gasteiger partial charge in [-0.15, -0.1) is 24.0 Å². The summed E-state index contributed by atoms with van der Waals surface area (Å²) in [6.45, 7) is 0. The van der Waals surface area contributed by atoms with Gasteiger partial charge in [0.2, 0.25) is 0 Å². The summed E-state index contributed by atoms with van der Waals surface area (Å²) in [5.41, 5.74) is 6.43. The topological polar surface area (TPSA) is 35.2 Å². The van der Waals surface area contributed by atoms with Gasteiger partial charge in [-0.3, -0.25) is 0 Å². The molecule has 68 valence electrons. The molecule has 0 atom stereocenters. The predicted octanol–water partition coefficient (Wildman–Crippen LogP) is 2.78. The number of thiophene rings is 1. The van der Waals surface area contributed by atoms with Crippen LogP contribution in [0.3, 0.4) is 0 Å². The highest BCUT2D eigenvalue weighted by atomic mass is 32.1. The second kappa shape index (κ2) is 3.12. The lowest BCUT2D eigenvalue weighted by atomic mass is 10.2. The van der Waals surface area contributed by atoms with Crippen LogP contribution in [0.25, 0.3) is 10.1 Å². The van der Waals surface area contributed by atoms with Crippen molar-refractivity contribution < 1.29 is 4.74 Å². The first-order valence-electron chi connectivity index (χ1n) is 3.76. The van der Waals surface area contributed by atoms with Gasteiger partial charge < -0.3 is 10.5 Å². The van der Waals surface area contributed by atoms with E-state index < -0.39 is 0 Å². The largest absolute Gasteiger partial charge is 0.494 e. The Morgan fingerprint density at radius 2 is 2.31 bits per heavy atom. The van der Waals surface area contributed by atoms with Crippen molar-refractivity contribution in [3.05, 3.63) is 17.5 Å². The zero-order chi connectivity index (χ0) is 9.42. The van der Waals surface area contributed by atoms with E-state index in [4.69, 9.17) is 10.5 Å². The Hall–Kier alpha value is -0.870. The van der Waals surface area contributed by atoms with Crippen LogP contribution in [0.5, 0.6) is 5.75 Å². The number of thiol groups is 1. The van der Waals surface area contributed by atoms with Crippen LogP contribution >= 0.6 is 24.0 Å². The van der Waals surface area contributed by atoms with Crippen molar-refractivity contribution in [2.24, 2.45) is 0 Å². The first kappa shape index (κ1) is 8.72. The Kier molecular flexibility index (Phi) is 2.09. The Morgan fingerprint density at radius 3 is 3.00 bits per heavy atom. The number of fused-ring (bicyclic) bond motifs is 1. The molecule has 0 aliphatic rings. The molecule has 0 spiro atoms. The molecule has 0 unspecified atom stereocenters. The summed E-state index contributed by atoms with van der Waals surface area (Å²) in [5.74, 6) is 0.744. The highest BCUT2D eigenvalue weighted by molar-refractivity contribution is 7.80. The van der Waals surface area contributed by atoms with Crippen molar-refractivity contribution in [3.8, 4) is 5.75 Å². The molecule has 2 rings (SSSR count). The van der Waals surface area contributed by atoms with E-state index in [2.05, 4.69) is 12.6 Å². The van der Waals surface area contributed by atoms with Gasteiger partial charge in [-0.05, 0) is 17.5 Å². The zero-order valence-electron chi connectivity index (χ0n) is 7.07. The van der Waals surface area contributed by atoms with E-state index in [-0.39, 0.29) is 0 Å². The van der Waals surface area contributed by atoms with E-state index in [0.29, 0.717) is 5.69 Å². The SMILES string of the molecule is COc1c(N)cc(S)c2sccc12. The standard InChI is InChI=1S/C9H9NOS2/c1-11-8-5-2-3-13-9(5)7(12)4-6(8)10/h2-4,12H,10H2,1H3. The molecule has 4 heteroatoms. The van der Waals surface area contributed by atoms with Gasteiger partial charge >= 0.3 is 0 Å². The molecule has 0 saturated carbocycles. The molecular formula is C9H9NOS2. The van der Waals surface area contributed by atoms with E-state index in [9.17, 15) is 0 Å². The number of hydrogen-bond acceptors (Lipinski definition) is 4. The molecule has 1 heterocycles. The van der Waals surface area contributed by atoms with Crippen LogP contribution in [0, 0.1) is 0 Å². The van der Waals surface area contributed by atoms with Crippen molar-refractivity contribution in [1.29, 1.82) is 0 Å². The molecule has 0 aliphatic heterocycles. The van der Waals surface area contributed by atoms with Crippen molar-refractivity contribution in [2.75, 3.05) is 12.8 Å². The smallest absolute Gasteiger partial charge is 0.150 e. The van der Waals surface area contributed by atoms with Gasteiger partial charge in [-0.2, -0.15) is 0 Å². The number of hydrogen-bond donors (Lipinski definition) is 2. The molecule has 2 nitrogen and oxygen atoms in total. The quantitative estimate of drug-likeness (QED) is 0.562. The third-order valence-electron chi connectivity index (χ3n) is 1.90. The Balaban J connectivity index is 2.88. The van der Waals surface area contributed by atoms with Crippen LogP contribution in [-0.2, 0) is 0 Å². The molecule has 13 heavy (non-hydrogen) atoms. The number of rotatable bonds is 1. The predicted molar refractivity (Wildman–Crippen MR) is 60.0 cm³/mol. The molecule has 0 aliphatic carbocycles. The summed E-state index contributed by atoms with van der Waals surface area (Å²) in [6.07, 6.45) is 0. The second-order valence-electron chi connectivity index (χ2n) is 2.68. The highest BCUT2D eigenvalue weighted by Crippen LogP contribution is 2.38. The molecule has 2 N–H and O–H groups in total. The Bertz CT molecular complexity index is 450. The monoisotopic (exact) mass is 211 g/mol. The van der Waals surface area contributed by atoms with Gasteiger partial charge in [0, 0.05) is 10.3 Å². The minimum absolute atomic E-state index is 0.637. The minimum atomic E-state index is 0.637. The summed E-state index contributed by atoms with van der Waals surface area (Å²) < 4.78 is 6.34. The third-order valence-corrected chi connectivity index (χ3v) is 3.35. The van der Waals surface area contributed by atoms with Gasteiger partial charge in [-0.25, -0.2) is 0 Å². The number of nitrogens with two attached hydrogens (primary N) is 1. The van der Waals surface area contributed by atoms with Crippen LogP contribution in [0.1, 0.15) is 0 Å². The second-order valence-corrected chi connectivity index (χ2v) is 4.08. The van der Waals surface area contributed by atoms with Crippen molar-refractivity contribution in [1.82, 2.24) is 0 Å². The van der Waals surface area contributed by atoms with Gasteiger partial charge in [-0.1, -0.05) is 0 Å². The fourth-order valence-corrected chi connectivity index (χ4v) is 2.57. The first-order valence-corrected chi connectivity index (χ1v) is 5.09. The van der Waals surface area contributed by atoms with Gasteiger partial charge in [0.05, 0.1) is 17.5 Å². The van der Waals surface area contributed by atoms with Gasteiger partial charge in [0.25, 0.3) is 0 Å². The van der Waals surface area contributed by atoms with E-state index >= 15 is 0 Å². The number of anilines is 1. The van der Waals surface area contributed by atoms with Crippen molar-refractivity contribution >= 4 is 39.7 Å². The average molecular weight is 211 g/mol. The average Bonchev–Trinajstić information content (AvgIpc) is 2.53. The molecule has 2 aromatic rings. The lowest BCUT2D eigenvalue weighted by Crippen LogP contribution is -1.92. The van der Waals surface area contributed by atoms with Crippen LogP contribution in [0.2, 0.25) is 0 Å². The molecule has 0 saturated heterocycles. The first-order chi connectivity index (χ1) is 6.24. The molecular weight excluding hydrogens is 202 g/mol. The zero-order valence-corrected chi connectivity index (χ0v) is 8.78. The fraction of sp³-hybridized carbons (Fsp3) is 0.111. The van der Waals surface area contributed by atoms with Gasteiger partial charge in [0.1, 0.15) is 5.75 Å². The van der Waals surface area contributed by atoms with Gasteiger partial charge in [0.15, 0.2) is 0 Å². The van der Waals surface area contributed by atoms with Crippen molar-refractivity contribution in [2.45, 2.75) is 4.90 Å². The molecule has 1 aromatic carbocycles. The van der Waals surface area contributed by atoms with E-state index in [1.165, 1.54) is 0 Å². The highest BCUT2D eigenvalue weighted by Gasteiger charge is 2.09. The minimum Gasteiger partial charge on any atom is -0.494 e. The van der Waals surface area contributed by atoms with Crippen LogP contribution < -0.4 is 10.5 Å². The fourth-order valence-electron chi connectivity index (χ4n) is 1.35. The number of ether oxygens (including phenoxy) is 1. The number of benzene rings is 1. The maximum absolute atomic E-state index is 5.79. The third kappa shape index (κ3) is 1.26. The Labute approximate surface area is 85.7 Å². The lowest BCUT2D eigenvalue weighted by Gasteiger charge is -2.06. The maximum Gasteiger partial charge on any atom is 0.150 e. The molecule has 0 bridgehead atoms. The molecule has 0 radical (unpaired) electrons. The normalized spacial score (nSPS) is 10.6. The summed E-state index contributed by atoms with van der Waals surface area (Å²) in [5, 5.41) is 3.05. The van der Waals surface area contributed by atoms with E-state index in [0.717, 1.165) is 20.7 Å².